The van der Waals surface area contributed by atoms with Crippen molar-refractivity contribution >= 4 is 27.8 Å². The van der Waals surface area contributed by atoms with Gasteiger partial charge in [-0.05, 0) is 37.1 Å². The molecule has 5 heteroatoms. The van der Waals surface area contributed by atoms with Crippen LogP contribution >= 0.6 is 0 Å². The molecule has 26 heavy (non-hydrogen) atoms. The molecule has 1 aliphatic carbocycles. The first kappa shape index (κ1) is 15.2. The molecule has 0 radical (unpaired) electrons. The number of aromatic amines is 1. The lowest BCUT2D eigenvalue weighted by molar-refractivity contribution is 0.341. The van der Waals surface area contributed by atoms with Crippen molar-refractivity contribution in [1.82, 2.24) is 15.0 Å². The summed E-state index contributed by atoms with van der Waals surface area (Å²) in [6.45, 7) is 2.64. The second-order valence-corrected chi connectivity index (χ2v) is 6.71. The second kappa shape index (κ2) is 6.02. The normalized spacial score (nSPS) is 19.0. The van der Waals surface area contributed by atoms with Gasteiger partial charge in [0.05, 0.1) is 6.61 Å². The molecule has 0 amide bonds. The predicted molar refractivity (Wildman–Crippen MR) is 104 cm³/mol. The summed E-state index contributed by atoms with van der Waals surface area (Å²) in [6.07, 6.45) is 2.76. The number of anilines is 1. The van der Waals surface area contributed by atoms with Gasteiger partial charge < -0.3 is 15.0 Å². The zero-order chi connectivity index (χ0) is 17.5. The SMILES string of the molecule is CCOc1ccc2[nH]c3c(NC4CC4c4ccccc4)ncnc3c2c1. The number of benzene rings is 2. The average Bonchev–Trinajstić information content (AvgIpc) is 3.34. The Morgan fingerprint density at radius 3 is 2.88 bits per heavy atom. The van der Waals surface area contributed by atoms with Crippen LogP contribution in [0, 0.1) is 0 Å². The van der Waals surface area contributed by atoms with Crippen LogP contribution in [0.5, 0.6) is 5.75 Å². The number of ether oxygens (including phenoxy) is 1. The fourth-order valence-electron chi connectivity index (χ4n) is 3.64. The summed E-state index contributed by atoms with van der Waals surface area (Å²) in [4.78, 5) is 12.4. The maximum Gasteiger partial charge on any atom is 0.154 e. The molecule has 2 N–H and O–H groups in total. The molecule has 1 aliphatic rings. The highest BCUT2D eigenvalue weighted by Crippen LogP contribution is 2.43. The lowest BCUT2D eigenvalue weighted by Gasteiger charge is -2.06. The van der Waals surface area contributed by atoms with Gasteiger partial charge in [-0.1, -0.05) is 30.3 Å². The Morgan fingerprint density at radius 1 is 1.15 bits per heavy atom. The first-order valence-electron chi connectivity index (χ1n) is 9.04. The highest BCUT2D eigenvalue weighted by Gasteiger charge is 2.38. The van der Waals surface area contributed by atoms with Crippen LogP contribution in [0.3, 0.4) is 0 Å². The molecule has 5 rings (SSSR count). The summed E-state index contributed by atoms with van der Waals surface area (Å²) < 4.78 is 5.63. The minimum Gasteiger partial charge on any atom is -0.494 e. The Kier molecular flexibility index (Phi) is 3.52. The van der Waals surface area contributed by atoms with E-state index in [1.807, 2.05) is 25.1 Å². The van der Waals surface area contributed by atoms with Crippen LogP contribution in [0.4, 0.5) is 5.82 Å². The molecule has 0 saturated heterocycles. The molecule has 1 saturated carbocycles. The van der Waals surface area contributed by atoms with Gasteiger partial charge in [-0.2, -0.15) is 0 Å². The van der Waals surface area contributed by atoms with E-state index < -0.39 is 0 Å². The van der Waals surface area contributed by atoms with Crippen LogP contribution in [-0.2, 0) is 0 Å². The van der Waals surface area contributed by atoms with Crippen LogP contribution in [0.25, 0.3) is 21.9 Å². The first-order valence-corrected chi connectivity index (χ1v) is 9.04. The maximum atomic E-state index is 5.63. The van der Waals surface area contributed by atoms with Crippen LogP contribution < -0.4 is 10.1 Å². The van der Waals surface area contributed by atoms with E-state index in [2.05, 4.69) is 50.6 Å². The summed E-state index contributed by atoms with van der Waals surface area (Å²) in [6, 6.07) is 17.1. The molecule has 5 nitrogen and oxygen atoms in total. The van der Waals surface area contributed by atoms with Crippen molar-refractivity contribution in [3.8, 4) is 5.75 Å². The number of hydrogen-bond acceptors (Lipinski definition) is 4. The van der Waals surface area contributed by atoms with E-state index in [9.17, 15) is 0 Å². The molecule has 2 unspecified atom stereocenters. The van der Waals surface area contributed by atoms with E-state index in [1.165, 1.54) is 5.56 Å². The van der Waals surface area contributed by atoms with E-state index >= 15 is 0 Å². The minimum absolute atomic E-state index is 0.417. The van der Waals surface area contributed by atoms with Crippen LogP contribution in [-0.4, -0.2) is 27.6 Å². The Balaban J connectivity index is 1.48. The van der Waals surface area contributed by atoms with E-state index in [0.717, 1.165) is 39.9 Å². The van der Waals surface area contributed by atoms with Crippen molar-refractivity contribution in [3.05, 3.63) is 60.4 Å². The summed E-state index contributed by atoms with van der Waals surface area (Å²) >= 11 is 0. The Morgan fingerprint density at radius 2 is 2.04 bits per heavy atom. The monoisotopic (exact) mass is 344 g/mol. The zero-order valence-corrected chi connectivity index (χ0v) is 14.6. The molecular formula is C21H20N4O. The Bertz CT molecular complexity index is 1070. The molecule has 1 fully saturated rings. The van der Waals surface area contributed by atoms with Crippen LogP contribution in [0.15, 0.2) is 54.9 Å². The largest absolute Gasteiger partial charge is 0.494 e. The van der Waals surface area contributed by atoms with Crippen molar-refractivity contribution in [2.75, 3.05) is 11.9 Å². The van der Waals surface area contributed by atoms with Crippen molar-refractivity contribution < 1.29 is 4.74 Å². The smallest absolute Gasteiger partial charge is 0.154 e. The molecule has 0 spiro atoms. The standard InChI is InChI=1S/C21H20N4O/c1-2-26-14-8-9-17-16(10-14)19-20(24-17)21(23-12-22-19)25-18-11-15(18)13-6-4-3-5-7-13/h3-10,12,15,18,24H,2,11H2,1H3,(H,22,23,25). The van der Waals surface area contributed by atoms with Gasteiger partial charge in [0.25, 0.3) is 0 Å². The fourth-order valence-corrected chi connectivity index (χ4v) is 3.64. The molecule has 4 aromatic rings. The average molecular weight is 344 g/mol. The van der Waals surface area contributed by atoms with Gasteiger partial charge in [0.2, 0.25) is 0 Å². The van der Waals surface area contributed by atoms with Crippen molar-refractivity contribution in [2.24, 2.45) is 0 Å². The van der Waals surface area contributed by atoms with Crippen molar-refractivity contribution in [2.45, 2.75) is 25.3 Å². The number of nitrogens with one attached hydrogen (secondary N) is 2. The molecule has 2 atom stereocenters. The van der Waals surface area contributed by atoms with Crippen molar-refractivity contribution in [3.63, 3.8) is 0 Å². The number of rotatable bonds is 5. The topological polar surface area (TPSA) is 62.8 Å². The Labute approximate surface area is 151 Å². The summed E-state index contributed by atoms with van der Waals surface area (Å²) in [7, 11) is 0. The number of nitrogens with zero attached hydrogens (tertiary/aromatic N) is 2. The predicted octanol–water partition coefficient (Wildman–Crippen LogP) is 4.48. The van der Waals surface area contributed by atoms with Gasteiger partial charge >= 0.3 is 0 Å². The molecule has 2 aromatic carbocycles. The molecule has 0 aliphatic heterocycles. The zero-order valence-electron chi connectivity index (χ0n) is 14.6. The second-order valence-electron chi connectivity index (χ2n) is 6.71. The number of H-pyrrole nitrogens is 1. The van der Waals surface area contributed by atoms with Gasteiger partial charge in [0.1, 0.15) is 23.1 Å². The fraction of sp³-hybridized carbons (Fsp3) is 0.238. The highest BCUT2D eigenvalue weighted by molar-refractivity contribution is 6.08. The summed E-state index contributed by atoms with van der Waals surface area (Å²) in [5.41, 5.74) is 4.31. The molecule has 0 bridgehead atoms. The van der Waals surface area contributed by atoms with Gasteiger partial charge in [-0.15, -0.1) is 0 Å². The van der Waals surface area contributed by atoms with Crippen LogP contribution in [0.1, 0.15) is 24.8 Å². The number of aromatic nitrogens is 3. The molecule has 2 heterocycles. The van der Waals surface area contributed by atoms with E-state index in [1.54, 1.807) is 6.33 Å². The molecule has 2 aromatic heterocycles. The van der Waals surface area contributed by atoms with Gasteiger partial charge in [-0.25, -0.2) is 9.97 Å². The number of fused-ring (bicyclic) bond motifs is 3. The molecule has 130 valence electrons. The maximum absolute atomic E-state index is 5.63. The van der Waals surface area contributed by atoms with E-state index in [0.29, 0.717) is 18.6 Å². The van der Waals surface area contributed by atoms with Crippen LogP contribution in [0.2, 0.25) is 0 Å². The minimum atomic E-state index is 0.417. The lowest BCUT2D eigenvalue weighted by atomic mass is 10.1. The van der Waals surface area contributed by atoms with Gasteiger partial charge in [0, 0.05) is 22.9 Å². The quantitative estimate of drug-likeness (QED) is 0.560. The number of hydrogen-bond donors (Lipinski definition) is 2. The summed E-state index contributed by atoms with van der Waals surface area (Å²) in [5.74, 6) is 2.28. The third-order valence-electron chi connectivity index (χ3n) is 5.00. The third-order valence-corrected chi connectivity index (χ3v) is 5.00. The lowest BCUT2D eigenvalue weighted by Crippen LogP contribution is -2.06. The van der Waals surface area contributed by atoms with Gasteiger partial charge in [0.15, 0.2) is 5.82 Å². The van der Waals surface area contributed by atoms with Gasteiger partial charge in [-0.3, -0.25) is 0 Å². The third kappa shape index (κ3) is 2.56. The van der Waals surface area contributed by atoms with E-state index in [4.69, 9.17) is 4.74 Å². The highest BCUT2D eigenvalue weighted by atomic mass is 16.5. The van der Waals surface area contributed by atoms with Crippen molar-refractivity contribution in [1.29, 1.82) is 0 Å². The Hall–Kier alpha value is -3.08. The summed E-state index contributed by atoms with van der Waals surface area (Å²) in [5, 5.41) is 4.66. The van der Waals surface area contributed by atoms with E-state index in [-0.39, 0.29) is 0 Å². The first-order chi connectivity index (χ1) is 12.8. The molecular weight excluding hydrogens is 324 g/mol.